The van der Waals surface area contributed by atoms with Crippen molar-refractivity contribution in [3.8, 4) is 11.3 Å². The summed E-state index contributed by atoms with van der Waals surface area (Å²) in [5.74, 6) is 1.70. The number of fused-ring (bicyclic) bond motifs is 4. The van der Waals surface area contributed by atoms with Crippen LogP contribution < -0.4 is 11.0 Å². The SMILES string of the molecule is O=c1c2ccccc2nc2c3ccccc3c(N/N=C\c3ccc(-c4ccc(Cl)cc4)o3)nn12. The van der Waals surface area contributed by atoms with Crippen LogP contribution in [0, 0.1) is 0 Å². The molecule has 7 nitrogen and oxygen atoms in total. The van der Waals surface area contributed by atoms with Crippen LogP contribution >= 0.6 is 11.6 Å². The normalized spacial score (nSPS) is 11.7. The number of anilines is 1. The van der Waals surface area contributed by atoms with E-state index in [4.69, 9.17) is 16.0 Å². The summed E-state index contributed by atoms with van der Waals surface area (Å²) >= 11 is 5.96. The maximum absolute atomic E-state index is 13.1. The molecule has 0 spiro atoms. The summed E-state index contributed by atoms with van der Waals surface area (Å²) in [4.78, 5) is 17.8. The number of hydrogen-bond acceptors (Lipinski definition) is 6. The van der Waals surface area contributed by atoms with Gasteiger partial charge in [-0.25, -0.2) is 4.98 Å². The van der Waals surface area contributed by atoms with Crippen molar-refractivity contribution in [1.29, 1.82) is 0 Å². The molecular weight excluding hydrogens is 450 g/mol. The number of rotatable bonds is 4. The van der Waals surface area contributed by atoms with Gasteiger partial charge in [-0.15, -0.1) is 5.10 Å². The number of hydrogen-bond donors (Lipinski definition) is 1. The van der Waals surface area contributed by atoms with E-state index in [-0.39, 0.29) is 5.56 Å². The Labute approximate surface area is 197 Å². The summed E-state index contributed by atoms with van der Waals surface area (Å²) in [6.07, 6.45) is 1.56. The van der Waals surface area contributed by atoms with Gasteiger partial charge >= 0.3 is 0 Å². The molecule has 0 aliphatic rings. The molecule has 0 amide bonds. The lowest BCUT2D eigenvalue weighted by molar-refractivity contribution is 0.575. The van der Waals surface area contributed by atoms with Gasteiger partial charge in [0.1, 0.15) is 11.5 Å². The third kappa shape index (κ3) is 3.48. The zero-order chi connectivity index (χ0) is 23.1. The van der Waals surface area contributed by atoms with Crippen LogP contribution in [0.15, 0.2) is 99.2 Å². The second-order valence-electron chi connectivity index (χ2n) is 7.64. The maximum Gasteiger partial charge on any atom is 0.282 e. The second-order valence-corrected chi connectivity index (χ2v) is 8.08. The average molecular weight is 466 g/mol. The van der Waals surface area contributed by atoms with Crippen molar-refractivity contribution in [2.45, 2.75) is 0 Å². The lowest BCUT2D eigenvalue weighted by Crippen LogP contribution is -2.19. The Morgan fingerprint density at radius 2 is 1.62 bits per heavy atom. The van der Waals surface area contributed by atoms with Crippen LogP contribution in [-0.2, 0) is 0 Å². The van der Waals surface area contributed by atoms with Crippen LogP contribution in [0.1, 0.15) is 5.76 Å². The van der Waals surface area contributed by atoms with E-state index in [2.05, 4.69) is 20.6 Å². The van der Waals surface area contributed by atoms with Gasteiger partial charge in [0, 0.05) is 21.4 Å². The first-order chi connectivity index (χ1) is 16.7. The summed E-state index contributed by atoms with van der Waals surface area (Å²) in [5, 5.41) is 11.6. The van der Waals surface area contributed by atoms with E-state index >= 15 is 0 Å². The highest BCUT2D eigenvalue weighted by Gasteiger charge is 2.13. The number of nitrogens with one attached hydrogen (secondary N) is 1. The van der Waals surface area contributed by atoms with Crippen molar-refractivity contribution in [3.05, 3.63) is 106 Å². The van der Waals surface area contributed by atoms with Gasteiger partial charge in [-0.05, 0) is 48.5 Å². The predicted octanol–water partition coefficient (Wildman–Crippen LogP) is 5.76. The summed E-state index contributed by atoms with van der Waals surface area (Å²) in [7, 11) is 0. The number of para-hydroxylation sites is 1. The molecule has 0 fully saturated rings. The summed E-state index contributed by atoms with van der Waals surface area (Å²) < 4.78 is 7.17. The minimum Gasteiger partial charge on any atom is -0.455 e. The number of furan rings is 1. The van der Waals surface area contributed by atoms with Gasteiger partial charge in [0.2, 0.25) is 0 Å². The van der Waals surface area contributed by atoms with Gasteiger partial charge in [-0.1, -0.05) is 48.0 Å². The van der Waals surface area contributed by atoms with Gasteiger partial charge in [0.15, 0.2) is 11.5 Å². The zero-order valence-electron chi connectivity index (χ0n) is 17.6. The quantitative estimate of drug-likeness (QED) is 0.155. The van der Waals surface area contributed by atoms with Gasteiger partial charge in [0.25, 0.3) is 5.56 Å². The van der Waals surface area contributed by atoms with Crippen molar-refractivity contribution >= 4 is 51.0 Å². The first-order valence-electron chi connectivity index (χ1n) is 10.5. The van der Waals surface area contributed by atoms with Crippen LogP contribution in [0.2, 0.25) is 5.02 Å². The molecule has 3 aromatic heterocycles. The predicted molar refractivity (Wildman–Crippen MR) is 135 cm³/mol. The molecule has 6 aromatic rings. The average Bonchev–Trinajstić information content (AvgIpc) is 3.34. The highest BCUT2D eigenvalue weighted by atomic mass is 35.5. The molecule has 3 heterocycles. The summed E-state index contributed by atoms with van der Waals surface area (Å²) in [5.41, 5.74) is 4.75. The van der Waals surface area contributed by atoms with Gasteiger partial charge in [-0.2, -0.15) is 9.62 Å². The Morgan fingerprint density at radius 3 is 2.44 bits per heavy atom. The van der Waals surface area contributed by atoms with E-state index in [1.807, 2.05) is 78.9 Å². The van der Waals surface area contributed by atoms with E-state index in [0.29, 0.717) is 38.9 Å². The number of halogens is 1. The lowest BCUT2D eigenvalue weighted by Gasteiger charge is -2.09. The molecule has 0 saturated heterocycles. The molecule has 0 aliphatic carbocycles. The minimum absolute atomic E-state index is 0.239. The summed E-state index contributed by atoms with van der Waals surface area (Å²) in [6.45, 7) is 0. The third-order valence-corrected chi connectivity index (χ3v) is 5.75. The third-order valence-electron chi connectivity index (χ3n) is 5.49. The topological polar surface area (TPSA) is 84.8 Å². The first kappa shape index (κ1) is 20.1. The van der Waals surface area contributed by atoms with Gasteiger partial charge < -0.3 is 4.42 Å². The largest absolute Gasteiger partial charge is 0.455 e. The molecule has 3 aromatic carbocycles. The zero-order valence-corrected chi connectivity index (χ0v) is 18.4. The molecule has 0 unspecified atom stereocenters. The minimum atomic E-state index is -0.239. The highest BCUT2D eigenvalue weighted by Crippen LogP contribution is 2.25. The molecule has 0 radical (unpaired) electrons. The molecule has 1 N–H and O–H groups in total. The number of hydrazone groups is 1. The van der Waals surface area contributed by atoms with Crippen molar-refractivity contribution < 1.29 is 4.42 Å². The first-order valence-corrected chi connectivity index (χ1v) is 10.9. The molecule has 0 bridgehead atoms. The van der Waals surface area contributed by atoms with Crippen LogP contribution in [-0.4, -0.2) is 20.8 Å². The van der Waals surface area contributed by atoms with E-state index in [0.717, 1.165) is 16.3 Å². The standard InChI is InChI=1S/C26H16ClN5O2/c27-17-11-9-16(10-12-17)23-14-13-18(34-23)15-28-30-24-19-5-1-2-6-20(19)25-29-22-8-4-3-7-21(22)26(33)32(25)31-24/h1-15H,(H,30,31)/b28-15-. The molecule has 8 heteroatoms. The summed E-state index contributed by atoms with van der Waals surface area (Å²) in [6, 6.07) is 25.9. The van der Waals surface area contributed by atoms with E-state index < -0.39 is 0 Å². The van der Waals surface area contributed by atoms with Gasteiger partial charge in [-0.3, -0.25) is 10.2 Å². The Kier molecular flexibility index (Phi) is 4.82. The maximum atomic E-state index is 13.1. The van der Waals surface area contributed by atoms with Gasteiger partial charge in [0.05, 0.1) is 17.1 Å². The fraction of sp³-hybridized carbons (Fsp3) is 0. The number of benzene rings is 3. The molecule has 0 aliphatic heterocycles. The monoisotopic (exact) mass is 465 g/mol. The molecule has 0 atom stereocenters. The van der Waals surface area contributed by atoms with Crippen LogP contribution in [0.4, 0.5) is 5.82 Å². The highest BCUT2D eigenvalue weighted by molar-refractivity contribution is 6.30. The molecule has 164 valence electrons. The smallest absolute Gasteiger partial charge is 0.282 e. The Bertz CT molecular complexity index is 1770. The van der Waals surface area contributed by atoms with E-state index in [1.165, 1.54) is 4.52 Å². The second kappa shape index (κ2) is 8.13. The van der Waals surface area contributed by atoms with Crippen LogP contribution in [0.25, 0.3) is 38.6 Å². The van der Waals surface area contributed by atoms with Crippen molar-refractivity contribution in [3.63, 3.8) is 0 Å². The molecule has 34 heavy (non-hydrogen) atoms. The van der Waals surface area contributed by atoms with Crippen LogP contribution in [0.3, 0.4) is 0 Å². The fourth-order valence-electron chi connectivity index (χ4n) is 3.86. The molecule has 0 saturated carbocycles. The van der Waals surface area contributed by atoms with E-state index in [9.17, 15) is 4.79 Å². The lowest BCUT2D eigenvalue weighted by atomic mass is 10.1. The Balaban J connectivity index is 1.38. The van der Waals surface area contributed by atoms with Crippen molar-refractivity contribution in [2.24, 2.45) is 5.10 Å². The Morgan fingerprint density at radius 1 is 0.882 bits per heavy atom. The van der Waals surface area contributed by atoms with Crippen molar-refractivity contribution in [1.82, 2.24) is 14.6 Å². The van der Waals surface area contributed by atoms with Crippen molar-refractivity contribution in [2.75, 3.05) is 5.43 Å². The fourth-order valence-corrected chi connectivity index (χ4v) is 3.99. The number of nitrogens with zero attached hydrogens (tertiary/aromatic N) is 4. The van der Waals surface area contributed by atoms with Crippen LogP contribution in [0.5, 0.6) is 0 Å². The Hall–Kier alpha value is -4.49. The van der Waals surface area contributed by atoms with E-state index in [1.54, 1.807) is 12.3 Å². The molecule has 6 rings (SSSR count). The molecular formula is C26H16ClN5O2. The number of aromatic nitrogens is 3.